The molecule has 92 valence electrons. The van der Waals surface area contributed by atoms with Crippen LogP contribution in [0.3, 0.4) is 0 Å². The molecule has 0 aliphatic rings. The zero-order valence-corrected chi connectivity index (χ0v) is 10.9. The van der Waals surface area contributed by atoms with Gasteiger partial charge >= 0.3 is 0 Å². The number of carbonyl (C=O) groups excluding carboxylic acids is 1. The summed E-state index contributed by atoms with van der Waals surface area (Å²) in [5.74, 6) is 0.271. The normalized spacial score (nSPS) is 10.3. The molecule has 18 heavy (non-hydrogen) atoms. The Morgan fingerprint density at radius 3 is 2.22 bits per heavy atom. The molecule has 2 rings (SSSR count). The van der Waals surface area contributed by atoms with Crippen molar-refractivity contribution >= 4 is 5.78 Å². The van der Waals surface area contributed by atoms with Crippen LogP contribution in [0.5, 0.6) is 0 Å². The van der Waals surface area contributed by atoms with Gasteiger partial charge in [0, 0.05) is 12.8 Å². The molecule has 0 aliphatic carbocycles. The first-order valence-electron chi connectivity index (χ1n) is 6.27. The number of hydrogen-bond donors (Lipinski definition) is 0. The first kappa shape index (κ1) is 12.6. The topological polar surface area (TPSA) is 17.1 Å². The Balaban J connectivity index is 2.01. The zero-order valence-electron chi connectivity index (χ0n) is 10.9. The van der Waals surface area contributed by atoms with Gasteiger partial charge in [-0.15, -0.1) is 0 Å². The van der Waals surface area contributed by atoms with Gasteiger partial charge in [0.15, 0.2) is 0 Å². The Kier molecular flexibility index (Phi) is 3.93. The molecule has 2 aromatic rings. The number of ketones is 1. The van der Waals surface area contributed by atoms with Crippen LogP contribution in [-0.2, 0) is 17.6 Å². The molecule has 0 saturated carbocycles. The average molecular weight is 238 g/mol. The Morgan fingerprint density at radius 1 is 0.889 bits per heavy atom. The summed E-state index contributed by atoms with van der Waals surface area (Å²) < 4.78 is 0. The first-order chi connectivity index (χ1) is 8.65. The maximum atomic E-state index is 12.0. The Morgan fingerprint density at radius 2 is 1.56 bits per heavy atom. The third kappa shape index (κ3) is 3.30. The average Bonchev–Trinajstić information content (AvgIpc) is 2.35. The van der Waals surface area contributed by atoms with Crippen LogP contribution >= 0.6 is 0 Å². The van der Waals surface area contributed by atoms with Gasteiger partial charge in [0.1, 0.15) is 5.78 Å². The van der Waals surface area contributed by atoms with E-state index < -0.39 is 0 Å². The molecule has 1 nitrogen and oxygen atoms in total. The number of hydrogen-bond acceptors (Lipinski definition) is 1. The van der Waals surface area contributed by atoms with Crippen molar-refractivity contribution in [1.29, 1.82) is 0 Å². The van der Waals surface area contributed by atoms with Gasteiger partial charge in [-0.25, -0.2) is 0 Å². The van der Waals surface area contributed by atoms with Gasteiger partial charge < -0.3 is 0 Å². The van der Waals surface area contributed by atoms with Gasteiger partial charge in [-0.3, -0.25) is 4.79 Å². The molecule has 0 unspecified atom stereocenters. The van der Waals surface area contributed by atoms with Gasteiger partial charge in [0.05, 0.1) is 0 Å². The highest BCUT2D eigenvalue weighted by Gasteiger charge is 2.06. The number of benzene rings is 2. The van der Waals surface area contributed by atoms with Crippen LogP contribution in [0.1, 0.15) is 22.3 Å². The highest BCUT2D eigenvalue weighted by Crippen LogP contribution is 2.10. The largest absolute Gasteiger partial charge is 0.299 e. The summed E-state index contributed by atoms with van der Waals surface area (Å²) in [5.41, 5.74) is 4.65. The molecule has 0 saturated heterocycles. The van der Waals surface area contributed by atoms with E-state index in [1.165, 1.54) is 11.1 Å². The second-order valence-electron chi connectivity index (χ2n) is 4.80. The van der Waals surface area contributed by atoms with Crippen molar-refractivity contribution < 1.29 is 4.79 Å². The molecule has 0 aromatic heterocycles. The van der Waals surface area contributed by atoms with Crippen LogP contribution in [-0.4, -0.2) is 5.78 Å². The molecule has 0 heterocycles. The van der Waals surface area contributed by atoms with Crippen molar-refractivity contribution in [3.05, 3.63) is 70.8 Å². The Labute approximate surface area is 108 Å². The number of carbonyl (C=O) groups is 1. The fraction of sp³-hybridized carbons (Fsp3) is 0.235. The molecular formula is C17H18O. The lowest BCUT2D eigenvalue weighted by molar-refractivity contribution is -0.117. The van der Waals surface area contributed by atoms with E-state index in [1.54, 1.807) is 0 Å². The highest BCUT2D eigenvalue weighted by molar-refractivity contribution is 5.83. The summed E-state index contributed by atoms with van der Waals surface area (Å²) in [6.45, 7) is 4.10. The monoisotopic (exact) mass is 238 g/mol. The quantitative estimate of drug-likeness (QED) is 0.794. The summed E-state index contributed by atoms with van der Waals surface area (Å²) >= 11 is 0. The van der Waals surface area contributed by atoms with Gasteiger partial charge in [-0.05, 0) is 30.5 Å². The lowest BCUT2D eigenvalue weighted by Gasteiger charge is -2.05. The van der Waals surface area contributed by atoms with E-state index in [9.17, 15) is 4.79 Å². The molecule has 0 radical (unpaired) electrons. The summed E-state index contributed by atoms with van der Waals surface area (Å²) in [5, 5.41) is 0. The van der Waals surface area contributed by atoms with E-state index >= 15 is 0 Å². The van der Waals surface area contributed by atoms with Crippen LogP contribution in [0.4, 0.5) is 0 Å². The van der Waals surface area contributed by atoms with Gasteiger partial charge in [0.2, 0.25) is 0 Å². The Bertz CT molecular complexity index is 538. The number of rotatable bonds is 4. The second kappa shape index (κ2) is 5.63. The third-order valence-corrected chi connectivity index (χ3v) is 3.17. The van der Waals surface area contributed by atoms with Crippen LogP contribution < -0.4 is 0 Å². The minimum Gasteiger partial charge on any atom is -0.299 e. The molecule has 1 heteroatoms. The number of aryl methyl sites for hydroxylation is 2. The van der Waals surface area contributed by atoms with Crippen LogP contribution in [0.25, 0.3) is 0 Å². The highest BCUT2D eigenvalue weighted by atomic mass is 16.1. The smallest absolute Gasteiger partial charge is 0.141 e. The van der Waals surface area contributed by atoms with Crippen LogP contribution in [0.15, 0.2) is 48.5 Å². The third-order valence-electron chi connectivity index (χ3n) is 3.17. The Hall–Kier alpha value is -1.89. The second-order valence-corrected chi connectivity index (χ2v) is 4.80. The van der Waals surface area contributed by atoms with Crippen molar-refractivity contribution in [1.82, 2.24) is 0 Å². The lowest BCUT2D eigenvalue weighted by atomic mass is 9.99. The molecule has 0 amide bonds. The van der Waals surface area contributed by atoms with Crippen molar-refractivity contribution in [3.8, 4) is 0 Å². The van der Waals surface area contributed by atoms with Crippen molar-refractivity contribution in [2.75, 3.05) is 0 Å². The van der Waals surface area contributed by atoms with E-state index in [2.05, 4.69) is 32.0 Å². The summed E-state index contributed by atoms with van der Waals surface area (Å²) in [6.07, 6.45) is 1.05. The molecular weight excluding hydrogens is 220 g/mol. The van der Waals surface area contributed by atoms with Crippen molar-refractivity contribution in [2.24, 2.45) is 0 Å². The van der Waals surface area contributed by atoms with Gasteiger partial charge in [-0.1, -0.05) is 54.1 Å². The molecule has 0 fully saturated rings. The maximum Gasteiger partial charge on any atom is 0.141 e. The van der Waals surface area contributed by atoms with Crippen LogP contribution in [0, 0.1) is 13.8 Å². The molecule has 0 atom stereocenters. The van der Waals surface area contributed by atoms with Crippen LogP contribution in [0.2, 0.25) is 0 Å². The number of Topliss-reactive ketones (excluding diaryl/α,β-unsaturated/α-hetero) is 1. The standard InChI is InChI=1S/C17H18O/c1-13-7-9-15(10-8-13)11-17(18)12-16-6-4-3-5-14(16)2/h3-10H,11-12H2,1-2H3. The van der Waals surface area contributed by atoms with E-state index in [-0.39, 0.29) is 5.78 Å². The minimum absolute atomic E-state index is 0.271. The first-order valence-corrected chi connectivity index (χ1v) is 6.27. The molecule has 0 N–H and O–H groups in total. The molecule has 2 aromatic carbocycles. The predicted molar refractivity (Wildman–Crippen MR) is 74.8 cm³/mol. The summed E-state index contributed by atoms with van der Waals surface area (Å²) in [6, 6.07) is 16.2. The van der Waals surface area contributed by atoms with E-state index in [4.69, 9.17) is 0 Å². The SMILES string of the molecule is Cc1ccc(CC(=O)Cc2ccccc2C)cc1. The predicted octanol–water partition coefficient (Wildman–Crippen LogP) is 3.66. The van der Waals surface area contributed by atoms with E-state index in [1.807, 2.05) is 30.3 Å². The fourth-order valence-corrected chi connectivity index (χ4v) is 2.02. The van der Waals surface area contributed by atoms with Gasteiger partial charge in [0.25, 0.3) is 0 Å². The van der Waals surface area contributed by atoms with Crippen molar-refractivity contribution in [2.45, 2.75) is 26.7 Å². The summed E-state index contributed by atoms with van der Waals surface area (Å²) in [4.78, 5) is 12.0. The van der Waals surface area contributed by atoms with Crippen molar-refractivity contribution in [3.63, 3.8) is 0 Å². The van der Waals surface area contributed by atoms with E-state index in [0.29, 0.717) is 12.8 Å². The molecule has 0 spiro atoms. The van der Waals surface area contributed by atoms with E-state index in [0.717, 1.165) is 11.1 Å². The summed E-state index contributed by atoms with van der Waals surface area (Å²) in [7, 11) is 0. The fourth-order valence-electron chi connectivity index (χ4n) is 2.02. The lowest BCUT2D eigenvalue weighted by Crippen LogP contribution is -2.07. The molecule has 0 bridgehead atoms. The maximum absolute atomic E-state index is 12.0. The minimum atomic E-state index is 0.271. The zero-order chi connectivity index (χ0) is 13.0. The van der Waals surface area contributed by atoms with Gasteiger partial charge in [-0.2, -0.15) is 0 Å². The molecule has 0 aliphatic heterocycles.